The van der Waals surface area contributed by atoms with E-state index in [1.807, 2.05) is 0 Å². The Morgan fingerprint density at radius 3 is 1.64 bits per heavy atom. The Morgan fingerprint density at radius 1 is 0.744 bits per heavy atom. The molecule has 198 valence electrons. The maximum Gasteiger partial charge on any atom is 0.282 e. The van der Waals surface area contributed by atoms with Crippen LogP contribution in [0.25, 0.3) is 0 Å². The third-order valence-corrected chi connectivity index (χ3v) is 10.3. The van der Waals surface area contributed by atoms with Gasteiger partial charge in [-0.25, -0.2) is 5.01 Å². The molecule has 1 aliphatic rings. The molecule has 0 aromatic heterocycles. The average molecular weight is 790 g/mol. The van der Waals surface area contributed by atoms with Crippen LogP contribution in [0.3, 0.4) is 0 Å². The number of halogens is 4. The standard InChI is InChI=1S/C23H10Br4N4O8/c24-17-15-16(18(25)20(27)19(17)26)23(35)29(22(15)34)28(21(33)11-4-2-6-13(8-11)31(38)39)9-14(32)10-3-1-5-12(7-10)30(36)37/h1-8H,9H2. The molecule has 12 nitrogen and oxygen atoms in total. The molecule has 0 bridgehead atoms. The monoisotopic (exact) mass is 786 g/mol. The molecular formula is C23H10Br4N4O8. The summed E-state index contributed by atoms with van der Waals surface area (Å²) in [5.41, 5.74) is -1.49. The zero-order valence-electron chi connectivity index (χ0n) is 18.9. The Hall–Kier alpha value is -3.34. The van der Waals surface area contributed by atoms with Crippen molar-refractivity contribution in [3.63, 3.8) is 0 Å². The second kappa shape index (κ2) is 11.0. The first-order valence-electron chi connectivity index (χ1n) is 10.4. The molecule has 0 saturated carbocycles. The van der Waals surface area contributed by atoms with E-state index in [2.05, 4.69) is 63.7 Å². The molecule has 16 heteroatoms. The molecule has 0 unspecified atom stereocenters. The average Bonchev–Trinajstić information content (AvgIpc) is 3.18. The molecule has 0 radical (unpaired) electrons. The number of amides is 3. The minimum atomic E-state index is -1.07. The minimum Gasteiger partial charge on any atom is -0.292 e. The number of rotatable bonds is 7. The number of fused-ring (bicyclic) bond motifs is 1. The molecule has 3 aromatic carbocycles. The van der Waals surface area contributed by atoms with E-state index in [0.29, 0.717) is 19.0 Å². The molecule has 1 aliphatic heterocycles. The highest BCUT2D eigenvalue weighted by Crippen LogP contribution is 2.45. The number of ketones is 1. The lowest BCUT2D eigenvalue weighted by atomic mass is 10.1. The number of hydrogen-bond donors (Lipinski definition) is 0. The lowest BCUT2D eigenvalue weighted by molar-refractivity contribution is -0.385. The fourth-order valence-corrected chi connectivity index (χ4v) is 6.17. The summed E-state index contributed by atoms with van der Waals surface area (Å²) >= 11 is 13.2. The van der Waals surface area contributed by atoms with Crippen LogP contribution in [0.1, 0.15) is 41.4 Å². The van der Waals surface area contributed by atoms with Gasteiger partial charge in [0, 0.05) is 53.3 Å². The Morgan fingerprint density at radius 2 is 1.18 bits per heavy atom. The summed E-state index contributed by atoms with van der Waals surface area (Å²) in [6, 6.07) is 9.22. The van der Waals surface area contributed by atoms with Gasteiger partial charge in [-0.15, -0.1) is 0 Å². The van der Waals surface area contributed by atoms with Crippen molar-refractivity contribution in [1.82, 2.24) is 10.0 Å². The maximum atomic E-state index is 13.6. The second-order valence-electron chi connectivity index (χ2n) is 7.83. The topological polar surface area (TPSA) is 161 Å². The van der Waals surface area contributed by atoms with Gasteiger partial charge in [-0.3, -0.25) is 39.4 Å². The molecular weight excluding hydrogens is 780 g/mol. The van der Waals surface area contributed by atoms with Crippen molar-refractivity contribution in [3.05, 3.63) is 109 Å². The third-order valence-electron chi connectivity index (χ3n) is 5.53. The molecule has 3 aromatic rings. The van der Waals surface area contributed by atoms with Crippen molar-refractivity contribution in [1.29, 1.82) is 0 Å². The van der Waals surface area contributed by atoms with E-state index in [-0.39, 0.29) is 36.9 Å². The van der Waals surface area contributed by atoms with Crippen LogP contribution in [0.15, 0.2) is 66.4 Å². The summed E-state index contributed by atoms with van der Waals surface area (Å²) in [5.74, 6) is -3.82. The molecule has 0 N–H and O–H groups in total. The number of imide groups is 1. The highest BCUT2D eigenvalue weighted by atomic mass is 79.9. The normalized spacial score (nSPS) is 12.4. The van der Waals surface area contributed by atoms with Crippen molar-refractivity contribution in [2.75, 3.05) is 6.54 Å². The van der Waals surface area contributed by atoms with E-state index in [1.54, 1.807) is 0 Å². The first-order chi connectivity index (χ1) is 18.3. The number of non-ortho nitro benzene ring substituents is 2. The third kappa shape index (κ3) is 5.16. The summed E-state index contributed by atoms with van der Waals surface area (Å²) in [6.07, 6.45) is 0. The van der Waals surface area contributed by atoms with E-state index in [0.717, 1.165) is 24.3 Å². The number of hydrogen-bond acceptors (Lipinski definition) is 8. The lowest BCUT2D eigenvalue weighted by Gasteiger charge is -2.29. The molecule has 4 rings (SSSR count). The van der Waals surface area contributed by atoms with Crippen LogP contribution in [0, 0.1) is 20.2 Å². The SMILES string of the molecule is O=C(CN(C(=O)c1cccc([N+](=O)[O-])c1)N1C(=O)c2c(Br)c(Br)c(Br)c(Br)c2C1=O)c1cccc([N+](=O)[O-])c1. The largest absolute Gasteiger partial charge is 0.292 e. The minimum absolute atomic E-state index is 0.110. The first kappa shape index (κ1) is 28.7. The highest BCUT2D eigenvalue weighted by Gasteiger charge is 2.46. The van der Waals surface area contributed by atoms with E-state index in [1.165, 1.54) is 24.3 Å². The van der Waals surface area contributed by atoms with E-state index >= 15 is 0 Å². The first-order valence-corrected chi connectivity index (χ1v) is 13.6. The predicted molar refractivity (Wildman–Crippen MR) is 149 cm³/mol. The van der Waals surface area contributed by atoms with Gasteiger partial charge in [-0.1, -0.05) is 18.2 Å². The smallest absolute Gasteiger partial charge is 0.282 e. The Labute approximate surface area is 251 Å². The van der Waals surface area contributed by atoms with Gasteiger partial charge in [0.25, 0.3) is 29.1 Å². The molecule has 0 aliphatic carbocycles. The lowest BCUT2D eigenvalue weighted by Crippen LogP contribution is -2.51. The predicted octanol–water partition coefficient (Wildman–Crippen LogP) is 6.09. The summed E-state index contributed by atoms with van der Waals surface area (Å²) in [5, 5.41) is 23.5. The van der Waals surface area contributed by atoms with Crippen LogP contribution in [0.4, 0.5) is 11.4 Å². The quantitative estimate of drug-likeness (QED) is 0.0695. The highest BCUT2D eigenvalue weighted by molar-refractivity contribution is 9.15. The fourth-order valence-electron chi connectivity index (χ4n) is 3.71. The van der Waals surface area contributed by atoms with Gasteiger partial charge in [0.15, 0.2) is 5.78 Å². The van der Waals surface area contributed by atoms with Gasteiger partial charge in [0.2, 0.25) is 0 Å². The Bertz CT molecular complexity index is 1600. The zero-order chi connectivity index (χ0) is 28.8. The van der Waals surface area contributed by atoms with Crippen LogP contribution < -0.4 is 0 Å². The number of hydrazine groups is 1. The number of carbonyl (C=O) groups is 4. The van der Waals surface area contributed by atoms with Gasteiger partial charge >= 0.3 is 0 Å². The van der Waals surface area contributed by atoms with E-state index < -0.39 is 45.6 Å². The van der Waals surface area contributed by atoms with Gasteiger partial charge in [-0.2, -0.15) is 5.01 Å². The molecule has 1 heterocycles. The van der Waals surface area contributed by atoms with Crippen LogP contribution in [0.2, 0.25) is 0 Å². The summed E-state index contributed by atoms with van der Waals surface area (Å²) < 4.78 is 1.17. The van der Waals surface area contributed by atoms with Crippen molar-refractivity contribution in [2.24, 2.45) is 0 Å². The number of carbonyl (C=O) groups excluding carboxylic acids is 4. The molecule has 39 heavy (non-hydrogen) atoms. The summed E-state index contributed by atoms with van der Waals surface area (Å²) in [7, 11) is 0. The molecule has 0 atom stereocenters. The van der Waals surface area contributed by atoms with Crippen LogP contribution in [-0.2, 0) is 0 Å². The van der Waals surface area contributed by atoms with Crippen molar-refractivity contribution >= 4 is 98.6 Å². The molecule has 3 amide bonds. The number of benzene rings is 3. The van der Waals surface area contributed by atoms with Crippen molar-refractivity contribution in [3.8, 4) is 0 Å². The summed E-state index contributed by atoms with van der Waals surface area (Å²) in [6.45, 7) is -0.897. The number of Topliss-reactive ketones (excluding diaryl/α,β-unsaturated/α-hetero) is 1. The van der Waals surface area contributed by atoms with Crippen LogP contribution >= 0.6 is 63.7 Å². The Balaban J connectivity index is 1.84. The Kier molecular flexibility index (Phi) is 8.11. The van der Waals surface area contributed by atoms with Gasteiger partial charge in [-0.05, 0) is 69.8 Å². The number of nitro groups is 2. The number of nitrogens with zero attached hydrogens (tertiary/aromatic N) is 4. The zero-order valence-corrected chi connectivity index (χ0v) is 25.2. The molecule has 0 saturated heterocycles. The summed E-state index contributed by atoms with van der Waals surface area (Å²) in [4.78, 5) is 75.0. The van der Waals surface area contributed by atoms with E-state index in [4.69, 9.17) is 0 Å². The van der Waals surface area contributed by atoms with Crippen molar-refractivity contribution in [2.45, 2.75) is 0 Å². The number of nitro benzene ring substituents is 2. The van der Waals surface area contributed by atoms with Gasteiger partial charge in [0.1, 0.15) is 6.54 Å². The van der Waals surface area contributed by atoms with Crippen LogP contribution in [0.5, 0.6) is 0 Å². The molecule has 0 spiro atoms. The molecule has 0 fully saturated rings. The fraction of sp³-hybridized carbons (Fsp3) is 0.0435. The van der Waals surface area contributed by atoms with E-state index in [9.17, 15) is 39.4 Å². The van der Waals surface area contributed by atoms with Crippen LogP contribution in [-0.4, -0.2) is 49.9 Å². The second-order valence-corrected chi connectivity index (χ2v) is 11.0. The van der Waals surface area contributed by atoms with Gasteiger partial charge in [0.05, 0.1) is 21.0 Å². The van der Waals surface area contributed by atoms with Crippen molar-refractivity contribution < 1.29 is 29.0 Å². The van der Waals surface area contributed by atoms with Gasteiger partial charge < -0.3 is 0 Å². The maximum absolute atomic E-state index is 13.6.